The van der Waals surface area contributed by atoms with Crippen molar-refractivity contribution in [2.24, 2.45) is 0 Å². The molecule has 100 valence electrons. The maximum Gasteiger partial charge on any atom is 0.323 e. The van der Waals surface area contributed by atoms with Crippen LogP contribution in [-0.4, -0.2) is 17.6 Å². The molecular formula is C16H14N2O2. The molecule has 4 heteroatoms. The number of anilines is 1. The number of carboxylic acid groups (broad SMARTS) is 1. The van der Waals surface area contributed by atoms with E-state index in [-0.39, 0.29) is 6.54 Å². The number of carbonyl (C=O) groups is 1. The Hall–Kier alpha value is -2.80. The summed E-state index contributed by atoms with van der Waals surface area (Å²) in [5.74, 6) is -0.900. The average Bonchev–Trinajstić information content (AvgIpc) is 2.47. The smallest absolute Gasteiger partial charge is 0.323 e. The molecule has 4 nitrogen and oxygen atoms in total. The van der Waals surface area contributed by atoms with Gasteiger partial charge >= 0.3 is 5.97 Å². The normalized spacial score (nSPS) is 9.75. The lowest BCUT2D eigenvalue weighted by Crippen LogP contribution is -2.29. The van der Waals surface area contributed by atoms with E-state index in [2.05, 4.69) is 6.07 Å². The van der Waals surface area contributed by atoms with Gasteiger partial charge in [0.2, 0.25) is 0 Å². The first-order valence-corrected chi connectivity index (χ1v) is 6.20. The van der Waals surface area contributed by atoms with Crippen LogP contribution in [0.25, 0.3) is 0 Å². The fourth-order valence-corrected chi connectivity index (χ4v) is 1.98. The maximum atomic E-state index is 11.0. The van der Waals surface area contributed by atoms with Crippen molar-refractivity contribution in [1.82, 2.24) is 0 Å². The second-order valence-electron chi connectivity index (χ2n) is 4.40. The third kappa shape index (κ3) is 3.59. The number of aliphatic carboxylic acids is 1. The lowest BCUT2D eigenvalue weighted by Gasteiger charge is -2.23. The highest BCUT2D eigenvalue weighted by molar-refractivity contribution is 5.74. The van der Waals surface area contributed by atoms with Crippen LogP contribution in [0.4, 0.5) is 5.69 Å². The summed E-state index contributed by atoms with van der Waals surface area (Å²) in [6, 6.07) is 18.7. The number of benzene rings is 2. The zero-order valence-electron chi connectivity index (χ0n) is 10.9. The fraction of sp³-hybridized carbons (Fsp3) is 0.125. The molecular weight excluding hydrogens is 252 g/mol. The Kier molecular flexibility index (Phi) is 4.35. The monoisotopic (exact) mass is 266 g/mol. The summed E-state index contributed by atoms with van der Waals surface area (Å²) in [6.45, 7) is 0.381. The van der Waals surface area contributed by atoms with Crippen molar-refractivity contribution in [2.45, 2.75) is 6.54 Å². The van der Waals surface area contributed by atoms with E-state index in [0.717, 1.165) is 11.3 Å². The second kappa shape index (κ2) is 6.39. The molecule has 20 heavy (non-hydrogen) atoms. The van der Waals surface area contributed by atoms with Crippen LogP contribution in [0.5, 0.6) is 0 Å². The van der Waals surface area contributed by atoms with E-state index in [1.807, 2.05) is 36.4 Å². The van der Waals surface area contributed by atoms with Gasteiger partial charge in [-0.1, -0.05) is 36.4 Å². The van der Waals surface area contributed by atoms with Gasteiger partial charge in [-0.3, -0.25) is 4.79 Å². The molecule has 0 atom stereocenters. The van der Waals surface area contributed by atoms with E-state index in [9.17, 15) is 4.79 Å². The molecule has 1 N–H and O–H groups in total. The van der Waals surface area contributed by atoms with Crippen LogP contribution in [0.1, 0.15) is 11.1 Å². The zero-order chi connectivity index (χ0) is 14.4. The summed E-state index contributed by atoms with van der Waals surface area (Å²) in [6.07, 6.45) is 0. The number of carboxylic acids is 1. The van der Waals surface area contributed by atoms with E-state index in [0.29, 0.717) is 12.1 Å². The van der Waals surface area contributed by atoms with Gasteiger partial charge in [-0.15, -0.1) is 0 Å². The van der Waals surface area contributed by atoms with E-state index < -0.39 is 5.97 Å². The van der Waals surface area contributed by atoms with Crippen LogP contribution in [0.3, 0.4) is 0 Å². The van der Waals surface area contributed by atoms with E-state index in [4.69, 9.17) is 10.4 Å². The summed E-state index contributed by atoms with van der Waals surface area (Å²) in [4.78, 5) is 12.8. The predicted molar refractivity (Wildman–Crippen MR) is 76.3 cm³/mol. The predicted octanol–water partition coefficient (Wildman–Crippen LogP) is 2.65. The molecule has 0 unspecified atom stereocenters. The minimum atomic E-state index is -0.900. The molecule has 0 aliphatic rings. The van der Waals surface area contributed by atoms with Gasteiger partial charge < -0.3 is 10.0 Å². The van der Waals surface area contributed by atoms with Crippen molar-refractivity contribution in [3.8, 4) is 6.07 Å². The van der Waals surface area contributed by atoms with Crippen molar-refractivity contribution in [3.05, 3.63) is 65.7 Å². The minimum Gasteiger partial charge on any atom is -0.480 e. The maximum absolute atomic E-state index is 11.0. The van der Waals surface area contributed by atoms with Gasteiger partial charge in [0, 0.05) is 12.2 Å². The van der Waals surface area contributed by atoms with Gasteiger partial charge in [-0.05, 0) is 23.8 Å². The highest BCUT2D eigenvalue weighted by Gasteiger charge is 2.11. The highest BCUT2D eigenvalue weighted by Crippen LogP contribution is 2.18. The minimum absolute atomic E-state index is 0.107. The Morgan fingerprint density at radius 3 is 2.55 bits per heavy atom. The zero-order valence-corrected chi connectivity index (χ0v) is 10.9. The summed E-state index contributed by atoms with van der Waals surface area (Å²) in [7, 11) is 0. The van der Waals surface area contributed by atoms with Crippen LogP contribution in [0.15, 0.2) is 54.6 Å². The van der Waals surface area contributed by atoms with Crippen LogP contribution >= 0.6 is 0 Å². The average molecular weight is 266 g/mol. The molecule has 2 rings (SSSR count). The molecule has 2 aromatic carbocycles. The molecule has 0 radical (unpaired) electrons. The molecule has 0 saturated heterocycles. The molecule has 0 spiro atoms. The number of hydrogen-bond donors (Lipinski definition) is 1. The van der Waals surface area contributed by atoms with Crippen molar-refractivity contribution >= 4 is 11.7 Å². The van der Waals surface area contributed by atoms with Crippen molar-refractivity contribution in [1.29, 1.82) is 5.26 Å². The first kappa shape index (κ1) is 13.6. The van der Waals surface area contributed by atoms with Gasteiger partial charge in [-0.25, -0.2) is 0 Å². The quantitative estimate of drug-likeness (QED) is 0.903. The molecule has 0 amide bonds. The Morgan fingerprint density at radius 2 is 1.90 bits per heavy atom. The molecule has 0 bridgehead atoms. The van der Waals surface area contributed by atoms with Crippen LogP contribution in [-0.2, 0) is 11.3 Å². The number of nitriles is 1. The van der Waals surface area contributed by atoms with E-state index >= 15 is 0 Å². The SMILES string of the molecule is N#Cc1cccc(N(CC(=O)O)Cc2ccccc2)c1. The van der Waals surface area contributed by atoms with Crippen molar-refractivity contribution < 1.29 is 9.90 Å². The van der Waals surface area contributed by atoms with Gasteiger partial charge in [0.05, 0.1) is 11.6 Å². The topological polar surface area (TPSA) is 64.3 Å². The lowest BCUT2D eigenvalue weighted by molar-refractivity contribution is -0.135. The van der Waals surface area contributed by atoms with E-state index in [1.54, 1.807) is 23.1 Å². The second-order valence-corrected chi connectivity index (χ2v) is 4.40. The van der Waals surface area contributed by atoms with Crippen molar-refractivity contribution in [2.75, 3.05) is 11.4 Å². The number of nitrogens with zero attached hydrogens (tertiary/aromatic N) is 2. The van der Waals surface area contributed by atoms with Crippen LogP contribution in [0.2, 0.25) is 0 Å². The lowest BCUT2D eigenvalue weighted by atomic mass is 10.1. The highest BCUT2D eigenvalue weighted by atomic mass is 16.4. The van der Waals surface area contributed by atoms with Gasteiger partial charge in [0.15, 0.2) is 0 Å². The molecule has 0 fully saturated rings. The third-order valence-corrected chi connectivity index (χ3v) is 2.88. The molecule has 2 aromatic rings. The summed E-state index contributed by atoms with van der Waals surface area (Å²) < 4.78 is 0. The van der Waals surface area contributed by atoms with Crippen molar-refractivity contribution in [3.63, 3.8) is 0 Å². The Labute approximate surface area is 117 Å². The first-order valence-electron chi connectivity index (χ1n) is 6.20. The van der Waals surface area contributed by atoms with Gasteiger partial charge in [0.1, 0.15) is 6.54 Å². The molecule has 0 aliphatic heterocycles. The molecule has 0 heterocycles. The molecule has 0 aromatic heterocycles. The largest absolute Gasteiger partial charge is 0.480 e. The Morgan fingerprint density at radius 1 is 1.15 bits per heavy atom. The fourth-order valence-electron chi connectivity index (χ4n) is 1.98. The summed E-state index contributed by atoms with van der Waals surface area (Å²) >= 11 is 0. The standard InChI is InChI=1S/C16H14N2O2/c17-10-14-7-4-8-15(9-14)18(12-16(19)20)11-13-5-2-1-3-6-13/h1-9H,11-12H2,(H,19,20). The molecule has 0 saturated carbocycles. The van der Waals surface area contributed by atoms with Gasteiger partial charge in [-0.2, -0.15) is 5.26 Å². The van der Waals surface area contributed by atoms with Crippen LogP contribution in [0, 0.1) is 11.3 Å². The summed E-state index contributed by atoms with van der Waals surface area (Å²) in [5, 5.41) is 18.0. The number of hydrogen-bond acceptors (Lipinski definition) is 3. The van der Waals surface area contributed by atoms with Gasteiger partial charge in [0.25, 0.3) is 0 Å². The first-order chi connectivity index (χ1) is 9.69. The number of rotatable bonds is 5. The summed E-state index contributed by atoms with van der Waals surface area (Å²) in [5.41, 5.74) is 2.28. The third-order valence-electron chi connectivity index (χ3n) is 2.88. The Balaban J connectivity index is 2.27. The Bertz CT molecular complexity index is 632. The van der Waals surface area contributed by atoms with Crippen LogP contribution < -0.4 is 4.90 Å². The molecule has 0 aliphatic carbocycles. The van der Waals surface area contributed by atoms with E-state index in [1.165, 1.54) is 0 Å².